The molecule has 6 nitrogen and oxygen atoms in total. The Morgan fingerprint density at radius 3 is 2.94 bits per heavy atom. The zero-order chi connectivity index (χ0) is 12.7. The van der Waals surface area contributed by atoms with Gasteiger partial charge in [-0.05, 0) is 6.42 Å². The van der Waals surface area contributed by atoms with Gasteiger partial charge in [-0.15, -0.1) is 0 Å². The van der Waals surface area contributed by atoms with E-state index in [1.54, 1.807) is 7.05 Å². The molecule has 0 aromatic heterocycles. The molecule has 0 saturated carbocycles. The van der Waals surface area contributed by atoms with Crippen LogP contribution in [0.3, 0.4) is 0 Å². The number of rotatable bonds is 5. The van der Waals surface area contributed by atoms with E-state index >= 15 is 0 Å². The Labute approximate surface area is 101 Å². The number of ether oxygens (including phenoxy) is 2. The van der Waals surface area contributed by atoms with E-state index in [1.807, 2.05) is 6.92 Å². The molecule has 1 atom stereocenters. The molecule has 1 rings (SSSR count). The minimum Gasteiger partial charge on any atom is -0.377 e. The number of amides is 2. The van der Waals surface area contributed by atoms with E-state index in [9.17, 15) is 9.59 Å². The highest BCUT2D eigenvalue weighted by Crippen LogP contribution is 2.07. The lowest BCUT2D eigenvalue weighted by Crippen LogP contribution is -2.56. The van der Waals surface area contributed by atoms with E-state index in [0.717, 1.165) is 6.42 Å². The van der Waals surface area contributed by atoms with Crippen LogP contribution >= 0.6 is 0 Å². The van der Waals surface area contributed by atoms with Gasteiger partial charge in [-0.2, -0.15) is 0 Å². The molecular formula is C11H20N2O4. The predicted molar refractivity (Wildman–Crippen MR) is 61.5 cm³/mol. The Morgan fingerprint density at radius 1 is 1.53 bits per heavy atom. The summed E-state index contributed by atoms with van der Waals surface area (Å²) in [5.74, 6) is -0.358. The van der Waals surface area contributed by atoms with E-state index in [2.05, 4.69) is 5.32 Å². The number of carbonyl (C=O) groups is 2. The van der Waals surface area contributed by atoms with Crippen LogP contribution < -0.4 is 5.32 Å². The Balaban J connectivity index is 2.52. The summed E-state index contributed by atoms with van der Waals surface area (Å²) in [6.07, 6.45) is 0.870. The van der Waals surface area contributed by atoms with Crippen molar-refractivity contribution in [3.05, 3.63) is 0 Å². The number of hydrogen-bond donors (Lipinski definition) is 1. The fraction of sp³-hybridized carbons (Fsp3) is 0.818. The highest BCUT2D eigenvalue weighted by atomic mass is 16.5. The lowest BCUT2D eigenvalue weighted by atomic mass is 10.2. The molecule has 0 radical (unpaired) electrons. The maximum atomic E-state index is 11.9. The van der Waals surface area contributed by atoms with Gasteiger partial charge in [0.05, 0.1) is 13.2 Å². The van der Waals surface area contributed by atoms with Crippen LogP contribution in [0.25, 0.3) is 0 Å². The van der Waals surface area contributed by atoms with Crippen LogP contribution in [0.5, 0.6) is 0 Å². The second-order valence-corrected chi connectivity index (χ2v) is 3.84. The third-order valence-corrected chi connectivity index (χ3v) is 2.57. The first-order valence-corrected chi connectivity index (χ1v) is 5.87. The number of likely N-dealkylation sites (N-methyl/N-ethyl adjacent to an activating group) is 1. The first-order chi connectivity index (χ1) is 8.20. The van der Waals surface area contributed by atoms with Gasteiger partial charge in [0.2, 0.25) is 11.8 Å². The van der Waals surface area contributed by atoms with Crippen molar-refractivity contribution >= 4 is 11.8 Å². The van der Waals surface area contributed by atoms with E-state index in [1.165, 1.54) is 4.90 Å². The lowest BCUT2D eigenvalue weighted by Gasteiger charge is -2.34. The largest absolute Gasteiger partial charge is 0.377 e. The second kappa shape index (κ2) is 7.24. The number of nitrogens with one attached hydrogen (secondary N) is 1. The molecule has 1 aliphatic rings. The minimum absolute atomic E-state index is 0.0291. The Morgan fingerprint density at radius 2 is 2.29 bits per heavy atom. The van der Waals surface area contributed by atoms with E-state index in [0.29, 0.717) is 19.8 Å². The van der Waals surface area contributed by atoms with Crippen LogP contribution in [0.15, 0.2) is 0 Å². The molecule has 0 spiro atoms. The summed E-state index contributed by atoms with van der Waals surface area (Å²) < 4.78 is 10.4. The summed E-state index contributed by atoms with van der Waals surface area (Å²) in [5, 5.41) is 2.53. The molecule has 6 heteroatoms. The van der Waals surface area contributed by atoms with Crippen molar-refractivity contribution in [1.29, 1.82) is 0 Å². The Bertz CT molecular complexity index is 270. The molecule has 1 heterocycles. The van der Waals surface area contributed by atoms with Crippen molar-refractivity contribution in [1.82, 2.24) is 10.2 Å². The molecule has 1 unspecified atom stereocenters. The summed E-state index contributed by atoms with van der Waals surface area (Å²) in [7, 11) is 1.55. The molecule has 1 aliphatic heterocycles. The maximum Gasteiger partial charge on any atom is 0.249 e. The predicted octanol–water partition coefficient (Wildman–Crippen LogP) is -0.614. The number of carbonyl (C=O) groups excluding carboxylic acids is 2. The summed E-state index contributed by atoms with van der Waals surface area (Å²) in [4.78, 5) is 25.0. The highest BCUT2D eigenvalue weighted by molar-refractivity contribution is 5.88. The topological polar surface area (TPSA) is 67.9 Å². The highest BCUT2D eigenvalue weighted by Gasteiger charge is 2.31. The summed E-state index contributed by atoms with van der Waals surface area (Å²) in [5.41, 5.74) is 0. The van der Waals surface area contributed by atoms with Gasteiger partial charge in [0.1, 0.15) is 12.6 Å². The van der Waals surface area contributed by atoms with Gasteiger partial charge < -0.3 is 19.7 Å². The van der Waals surface area contributed by atoms with E-state index < -0.39 is 6.04 Å². The van der Waals surface area contributed by atoms with Crippen molar-refractivity contribution in [2.75, 3.05) is 40.0 Å². The monoisotopic (exact) mass is 244 g/mol. The van der Waals surface area contributed by atoms with Crippen LogP contribution in [0, 0.1) is 0 Å². The SMILES string of the molecule is CCCOCC(=O)N1CCOCC1C(=O)NC. The van der Waals surface area contributed by atoms with Gasteiger partial charge in [-0.1, -0.05) is 6.92 Å². The number of hydrogen-bond acceptors (Lipinski definition) is 4. The van der Waals surface area contributed by atoms with Crippen molar-refractivity contribution < 1.29 is 19.1 Å². The number of nitrogens with zero attached hydrogens (tertiary/aromatic N) is 1. The van der Waals surface area contributed by atoms with Crippen molar-refractivity contribution in [2.24, 2.45) is 0 Å². The zero-order valence-corrected chi connectivity index (χ0v) is 10.4. The van der Waals surface area contributed by atoms with Gasteiger partial charge in [-0.3, -0.25) is 9.59 Å². The molecule has 0 bridgehead atoms. The van der Waals surface area contributed by atoms with Gasteiger partial charge in [-0.25, -0.2) is 0 Å². The summed E-state index contributed by atoms with van der Waals surface area (Å²) >= 11 is 0. The van der Waals surface area contributed by atoms with Crippen molar-refractivity contribution in [2.45, 2.75) is 19.4 Å². The van der Waals surface area contributed by atoms with Crippen LogP contribution in [-0.2, 0) is 19.1 Å². The van der Waals surface area contributed by atoms with Gasteiger partial charge in [0.25, 0.3) is 0 Å². The molecule has 1 fully saturated rings. The first-order valence-electron chi connectivity index (χ1n) is 5.87. The smallest absolute Gasteiger partial charge is 0.249 e. The molecule has 98 valence electrons. The average molecular weight is 244 g/mol. The normalized spacial score (nSPS) is 20.1. The zero-order valence-electron chi connectivity index (χ0n) is 10.4. The van der Waals surface area contributed by atoms with Crippen LogP contribution in [-0.4, -0.2) is 62.8 Å². The molecule has 0 aromatic carbocycles. The maximum absolute atomic E-state index is 11.9. The van der Waals surface area contributed by atoms with Gasteiger partial charge >= 0.3 is 0 Å². The molecule has 1 saturated heterocycles. The molecule has 17 heavy (non-hydrogen) atoms. The van der Waals surface area contributed by atoms with Gasteiger partial charge in [0.15, 0.2) is 0 Å². The quantitative estimate of drug-likeness (QED) is 0.655. The van der Waals surface area contributed by atoms with Gasteiger partial charge in [0, 0.05) is 20.2 Å². The van der Waals surface area contributed by atoms with Crippen LogP contribution in [0.2, 0.25) is 0 Å². The third-order valence-electron chi connectivity index (χ3n) is 2.57. The Kier molecular flexibility index (Phi) is 5.93. The molecular weight excluding hydrogens is 224 g/mol. The summed E-state index contributed by atoms with van der Waals surface area (Å²) in [6.45, 7) is 3.72. The molecule has 1 N–H and O–H groups in total. The Hall–Kier alpha value is -1.14. The molecule has 2 amide bonds. The number of morpholine rings is 1. The second-order valence-electron chi connectivity index (χ2n) is 3.84. The van der Waals surface area contributed by atoms with Crippen LogP contribution in [0.4, 0.5) is 0 Å². The average Bonchev–Trinajstić information content (AvgIpc) is 2.38. The van der Waals surface area contributed by atoms with Crippen LogP contribution in [0.1, 0.15) is 13.3 Å². The summed E-state index contributed by atoms with van der Waals surface area (Å²) in [6, 6.07) is -0.536. The van der Waals surface area contributed by atoms with E-state index in [-0.39, 0.29) is 25.0 Å². The lowest BCUT2D eigenvalue weighted by molar-refractivity contribution is -0.151. The first kappa shape index (κ1) is 13.9. The van der Waals surface area contributed by atoms with Crippen molar-refractivity contribution in [3.8, 4) is 0 Å². The van der Waals surface area contributed by atoms with Crippen molar-refractivity contribution in [3.63, 3.8) is 0 Å². The molecule has 0 aromatic rings. The fourth-order valence-corrected chi connectivity index (χ4v) is 1.67. The minimum atomic E-state index is -0.536. The standard InChI is InChI=1S/C11H20N2O4/c1-3-5-16-8-10(14)13-4-6-17-7-9(13)11(15)12-2/h9H,3-8H2,1-2H3,(H,12,15). The fourth-order valence-electron chi connectivity index (χ4n) is 1.67. The van der Waals surface area contributed by atoms with E-state index in [4.69, 9.17) is 9.47 Å². The molecule has 0 aliphatic carbocycles. The third kappa shape index (κ3) is 3.98.